The van der Waals surface area contributed by atoms with Gasteiger partial charge in [0.15, 0.2) is 0 Å². The molecule has 0 bridgehead atoms. The summed E-state index contributed by atoms with van der Waals surface area (Å²) in [6, 6.07) is 17.8. The van der Waals surface area contributed by atoms with Crippen LogP contribution in [0.3, 0.4) is 0 Å². The van der Waals surface area contributed by atoms with Gasteiger partial charge in [0.2, 0.25) is 4.34 Å². The lowest BCUT2D eigenvalue weighted by Crippen LogP contribution is -2.30. The minimum absolute atomic E-state index is 0.116. The highest BCUT2D eigenvalue weighted by Crippen LogP contribution is 2.23. The van der Waals surface area contributed by atoms with E-state index in [1.54, 1.807) is 16.3 Å². The van der Waals surface area contributed by atoms with E-state index in [0.717, 1.165) is 41.0 Å². The molecule has 2 heterocycles. The molecular formula is C23H24N4O2S2. The largest absolute Gasteiger partial charge is 0.270 e. The van der Waals surface area contributed by atoms with E-state index in [0.29, 0.717) is 6.54 Å². The molecule has 4 aromatic rings. The summed E-state index contributed by atoms with van der Waals surface area (Å²) in [5.74, 6) is 0. The van der Waals surface area contributed by atoms with Gasteiger partial charge in [-0.2, -0.15) is 9.40 Å². The molecule has 0 amide bonds. The van der Waals surface area contributed by atoms with Crippen LogP contribution in [0.5, 0.6) is 0 Å². The van der Waals surface area contributed by atoms with Crippen molar-refractivity contribution in [2.24, 2.45) is 0 Å². The van der Waals surface area contributed by atoms with Crippen LogP contribution in [0.1, 0.15) is 30.0 Å². The van der Waals surface area contributed by atoms with E-state index in [-0.39, 0.29) is 10.9 Å². The van der Waals surface area contributed by atoms with Crippen molar-refractivity contribution in [1.82, 2.24) is 19.1 Å². The number of rotatable bonds is 9. The number of hydrogen-bond acceptors (Lipinski definition) is 5. The lowest BCUT2D eigenvalue weighted by Gasteiger charge is -2.21. The first-order chi connectivity index (χ1) is 15.1. The van der Waals surface area contributed by atoms with E-state index in [1.807, 2.05) is 48.7 Å². The Labute approximate surface area is 186 Å². The topological polar surface area (TPSA) is 68.1 Å². The maximum Gasteiger partial charge on any atom is 0.270 e. The third-order valence-corrected chi connectivity index (χ3v) is 7.89. The number of hydrogen-bond donors (Lipinski definition) is 0. The van der Waals surface area contributed by atoms with Gasteiger partial charge in [0, 0.05) is 37.1 Å². The molecule has 2 aromatic heterocycles. The predicted molar refractivity (Wildman–Crippen MR) is 123 cm³/mol. The zero-order chi connectivity index (χ0) is 21.7. The van der Waals surface area contributed by atoms with E-state index >= 15 is 0 Å². The molecule has 0 N–H and O–H groups in total. The molecule has 0 aliphatic carbocycles. The fraction of sp³-hybridized carbons (Fsp3) is 0.217. The summed E-state index contributed by atoms with van der Waals surface area (Å²) in [5, 5.41) is 5.92. The molecule has 8 heteroatoms. The van der Waals surface area contributed by atoms with Crippen molar-refractivity contribution in [1.29, 1.82) is 0 Å². The van der Waals surface area contributed by atoms with Crippen LogP contribution >= 0.6 is 11.3 Å². The summed E-state index contributed by atoms with van der Waals surface area (Å²) >= 11 is 1.14. The average molecular weight is 453 g/mol. The van der Waals surface area contributed by atoms with Crippen molar-refractivity contribution in [2.45, 2.75) is 37.2 Å². The molecule has 2 aromatic carbocycles. The van der Waals surface area contributed by atoms with Gasteiger partial charge in [0.05, 0.1) is 5.69 Å². The molecule has 4 rings (SSSR count). The van der Waals surface area contributed by atoms with Crippen molar-refractivity contribution < 1.29 is 8.42 Å². The Kier molecular flexibility index (Phi) is 6.60. The Morgan fingerprint density at radius 3 is 2.42 bits per heavy atom. The summed E-state index contributed by atoms with van der Waals surface area (Å²) in [6.07, 6.45) is 7.14. The zero-order valence-corrected chi connectivity index (χ0v) is 18.9. The van der Waals surface area contributed by atoms with Crippen LogP contribution in [0.15, 0.2) is 82.9 Å². The van der Waals surface area contributed by atoms with E-state index in [9.17, 15) is 8.42 Å². The van der Waals surface area contributed by atoms with Crippen LogP contribution in [-0.4, -0.2) is 27.5 Å². The molecule has 0 radical (unpaired) electrons. The lowest BCUT2D eigenvalue weighted by molar-refractivity contribution is 0.400. The quantitative estimate of drug-likeness (QED) is 0.370. The first kappa shape index (κ1) is 21.4. The Bertz CT molecular complexity index is 1200. The molecule has 0 atom stereocenters. The van der Waals surface area contributed by atoms with Gasteiger partial charge >= 0.3 is 0 Å². The van der Waals surface area contributed by atoms with Crippen molar-refractivity contribution in [3.8, 4) is 5.69 Å². The summed E-state index contributed by atoms with van der Waals surface area (Å²) in [6.45, 7) is 2.69. The van der Waals surface area contributed by atoms with Crippen molar-refractivity contribution in [3.05, 3.63) is 95.3 Å². The number of aromatic nitrogens is 3. The maximum atomic E-state index is 13.3. The van der Waals surface area contributed by atoms with Crippen molar-refractivity contribution >= 4 is 21.4 Å². The summed E-state index contributed by atoms with van der Waals surface area (Å²) in [4.78, 5) is 4.06. The molecule has 0 aliphatic heterocycles. The highest BCUT2D eigenvalue weighted by atomic mass is 32.2. The number of sulfonamides is 1. The standard InChI is InChI=1S/C23H24N4O2S2/c1-2-5-19-6-3-7-21(16-19)18-26(31(28,29)23-24-13-15-30-23)17-20-8-10-22(11-9-20)27-14-4-12-25-27/h3-4,6-16H,2,5,17-18H2,1H3. The third-order valence-electron chi connectivity index (χ3n) is 4.92. The third kappa shape index (κ3) is 5.10. The summed E-state index contributed by atoms with van der Waals surface area (Å²) in [7, 11) is -3.71. The van der Waals surface area contributed by atoms with Gasteiger partial charge in [-0.05, 0) is 41.3 Å². The average Bonchev–Trinajstić information content (AvgIpc) is 3.49. The molecule has 6 nitrogen and oxygen atoms in total. The molecule has 0 spiro atoms. The Balaban J connectivity index is 1.62. The lowest BCUT2D eigenvalue weighted by atomic mass is 10.1. The van der Waals surface area contributed by atoms with Crippen LogP contribution < -0.4 is 0 Å². The van der Waals surface area contributed by atoms with Gasteiger partial charge in [0.25, 0.3) is 10.0 Å². The highest BCUT2D eigenvalue weighted by molar-refractivity contribution is 7.91. The number of nitrogens with zero attached hydrogens (tertiary/aromatic N) is 4. The normalized spacial score (nSPS) is 11.8. The molecular weight excluding hydrogens is 428 g/mol. The van der Waals surface area contributed by atoms with Gasteiger partial charge < -0.3 is 0 Å². The smallest absolute Gasteiger partial charge is 0.241 e. The van der Waals surface area contributed by atoms with E-state index in [2.05, 4.69) is 29.1 Å². The molecule has 0 saturated heterocycles. The zero-order valence-electron chi connectivity index (χ0n) is 17.3. The van der Waals surface area contributed by atoms with Gasteiger partial charge in [-0.15, -0.1) is 11.3 Å². The monoisotopic (exact) mass is 452 g/mol. The van der Waals surface area contributed by atoms with Crippen molar-refractivity contribution in [2.75, 3.05) is 0 Å². The second kappa shape index (κ2) is 9.55. The van der Waals surface area contributed by atoms with Gasteiger partial charge in [-0.25, -0.2) is 18.1 Å². The van der Waals surface area contributed by atoms with E-state index in [1.165, 1.54) is 16.1 Å². The van der Waals surface area contributed by atoms with Crippen LogP contribution in [0.4, 0.5) is 0 Å². The molecule has 0 fully saturated rings. The van der Waals surface area contributed by atoms with E-state index in [4.69, 9.17) is 0 Å². The van der Waals surface area contributed by atoms with Gasteiger partial charge in [0.1, 0.15) is 0 Å². The SMILES string of the molecule is CCCc1cccc(CN(Cc2ccc(-n3cccn3)cc2)S(=O)(=O)c2nccs2)c1. The fourth-order valence-electron chi connectivity index (χ4n) is 3.43. The summed E-state index contributed by atoms with van der Waals surface area (Å²) < 4.78 is 30.0. The van der Waals surface area contributed by atoms with Crippen LogP contribution in [0, 0.1) is 0 Å². The minimum atomic E-state index is -3.71. The van der Waals surface area contributed by atoms with Crippen LogP contribution in [-0.2, 0) is 29.5 Å². The predicted octanol–water partition coefficient (Wildman–Crippen LogP) is 4.67. The molecule has 0 unspecified atom stereocenters. The Morgan fingerprint density at radius 2 is 1.74 bits per heavy atom. The highest BCUT2D eigenvalue weighted by Gasteiger charge is 2.27. The molecule has 160 valence electrons. The maximum absolute atomic E-state index is 13.3. The number of thiazole rings is 1. The first-order valence-corrected chi connectivity index (χ1v) is 12.4. The van der Waals surface area contributed by atoms with Crippen molar-refractivity contribution in [3.63, 3.8) is 0 Å². The Morgan fingerprint density at radius 1 is 0.968 bits per heavy atom. The van der Waals surface area contributed by atoms with Gasteiger partial charge in [-0.3, -0.25) is 0 Å². The first-order valence-electron chi connectivity index (χ1n) is 10.1. The minimum Gasteiger partial charge on any atom is -0.241 e. The molecule has 0 saturated carbocycles. The molecule has 31 heavy (non-hydrogen) atoms. The van der Waals surface area contributed by atoms with Gasteiger partial charge in [-0.1, -0.05) is 49.7 Å². The Hall–Kier alpha value is -2.81. The summed E-state index contributed by atoms with van der Waals surface area (Å²) in [5.41, 5.74) is 4.02. The van der Waals surface area contributed by atoms with E-state index < -0.39 is 10.0 Å². The fourth-order valence-corrected chi connectivity index (χ4v) is 5.81. The van der Waals surface area contributed by atoms with Crippen LogP contribution in [0.2, 0.25) is 0 Å². The second-order valence-corrected chi connectivity index (χ2v) is 10.3. The van der Waals surface area contributed by atoms with Crippen LogP contribution in [0.25, 0.3) is 5.69 Å². The number of aryl methyl sites for hydroxylation is 1. The number of benzene rings is 2. The second-order valence-electron chi connectivity index (χ2n) is 7.26. The molecule has 0 aliphatic rings.